The number of rotatable bonds is 2. The number of hydrogen-bond donors (Lipinski definition) is 1. The van der Waals surface area contributed by atoms with Crippen LogP contribution in [0.1, 0.15) is 29.9 Å². The van der Waals surface area contributed by atoms with Gasteiger partial charge in [0, 0.05) is 19.1 Å². The summed E-state index contributed by atoms with van der Waals surface area (Å²) in [7, 11) is 0. The Kier molecular flexibility index (Phi) is 3.84. The molecule has 0 aliphatic carbocycles. The maximum absolute atomic E-state index is 12.3. The fourth-order valence-corrected chi connectivity index (χ4v) is 3.07. The van der Waals surface area contributed by atoms with Crippen molar-refractivity contribution in [1.82, 2.24) is 4.90 Å². The average Bonchev–Trinajstić information content (AvgIpc) is 2.80. The second-order valence-corrected chi connectivity index (χ2v) is 6.14. The van der Waals surface area contributed by atoms with E-state index in [1.807, 2.05) is 22.4 Å². The predicted molar refractivity (Wildman–Crippen MR) is 71.1 cm³/mol. The molecule has 1 aromatic rings. The van der Waals surface area contributed by atoms with Gasteiger partial charge in [-0.15, -0.1) is 11.3 Å². The number of carbonyl (C=O) groups excluding carboxylic acids is 1. The lowest BCUT2D eigenvalue weighted by Crippen LogP contribution is -2.50. The number of nitrogens with two attached hydrogens (primary N) is 1. The third-order valence-electron chi connectivity index (χ3n) is 3.48. The molecule has 1 fully saturated rings. The highest BCUT2D eigenvalue weighted by Crippen LogP contribution is 2.25. The number of thiophene rings is 1. The van der Waals surface area contributed by atoms with Crippen LogP contribution in [0.15, 0.2) is 17.5 Å². The molecule has 1 amide bonds. The molecule has 3 nitrogen and oxygen atoms in total. The summed E-state index contributed by atoms with van der Waals surface area (Å²) in [5.74, 6) is 1.25. The van der Waals surface area contributed by atoms with Crippen molar-refractivity contribution in [2.24, 2.45) is 17.6 Å². The zero-order valence-electron chi connectivity index (χ0n) is 10.4. The Labute approximate surface area is 107 Å². The third-order valence-corrected chi connectivity index (χ3v) is 4.34. The Morgan fingerprint density at radius 3 is 2.88 bits per heavy atom. The quantitative estimate of drug-likeness (QED) is 0.877. The highest BCUT2D eigenvalue weighted by molar-refractivity contribution is 7.12. The van der Waals surface area contributed by atoms with E-state index in [-0.39, 0.29) is 11.9 Å². The number of amides is 1. The van der Waals surface area contributed by atoms with Gasteiger partial charge in [-0.2, -0.15) is 0 Å². The Balaban J connectivity index is 2.08. The summed E-state index contributed by atoms with van der Waals surface area (Å²) in [5, 5.41) is 1.94. The van der Waals surface area contributed by atoms with E-state index in [2.05, 4.69) is 13.8 Å². The minimum absolute atomic E-state index is 0.125. The van der Waals surface area contributed by atoms with Crippen LogP contribution in [-0.2, 0) is 0 Å². The number of likely N-dealkylation sites (tertiary alicyclic amines) is 1. The molecule has 1 saturated heterocycles. The summed E-state index contributed by atoms with van der Waals surface area (Å²) in [6.07, 6.45) is 1.03. The molecule has 0 spiro atoms. The molecule has 1 aliphatic rings. The summed E-state index contributed by atoms with van der Waals surface area (Å²) >= 11 is 1.50. The van der Waals surface area contributed by atoms with Crippen LogP contribution in [0, 0.1) is 11.8 Å². The molecule has 2 rings (SSSR count). The maximum atomic E-state index is 12.3. The van der Waals surface area contributed by atoms with Crippen molar-refractivity contribution < 1.29 is 4.79 Å². The van der Waals surface area contributed by atoms with Crippen LogP contribution in [0.4, 0.5) is 0 Å². The van der Waals surface area contributed by atoms with E-state index in [1.165, 1.54) is 11.3 Å². The summed E-state index contributed by atoms with van der Waals surface area (Å²) in [6.45, 7) is 5.95. The standard InChI is InChI=1S/C13H20N2OS/c1-9(2)10-6-11(14)8-15(7-10)13(16)12-4-3-5-17-12/h3-5,9-11H,6-8,14H2,1-2H3. The van der Waals surface area contributed by atoms with Gasteiger partial charge in [0.15, 0.2) is 0 Å². The fourth-order valence-electron chi connectivity index (χ4n) is 2.38. The molecule has 2 heterocycles. The minimum atomic E-state index is 0.125. The van der Waals surface area contributed by atoms with Gasteiger partial charge in [0.25, 0.3) is 5.91 Å². The van der Waals surface area contributed by atoms with Crippen molar-refractivity contribution in [1.29, 1.82) is 0 Å². The molecule has 0 radical (unpaired) electrons. The van der Waals surface area contributed by atoms with Gasteiger partial charge >= 0.3 is 0 Å². The summed E-state index contributed by atoms with van der Waals surface area (Å²) < 4.78 is 0. The van der Waals surface area contributed by atoms with Gasteiger partial charge in [-0.1, -0.05) is 19.9 Å². The molecule has 0 aromatic carbocycles. The van der Waals surface area contributed by atoms with Crippen LogP contribution in [-0.4, -0.2) is 29.9 Å². The normalized spacial score (nSPS) is 25.3. The molecule has 1 aromatic heterocycles. The monoisotopic (exact) mass is 252 g/mol. The molecule has 0 bridgehead atoms. The second kappa shape index (κ2) is 5.19. The minimum Gasteiger partial charge on any atom is -0.336 e. The lowest BCUT2D eigenvalue weighted by atomic mass is 9.86. The van der Waals surface area contributed by atoms with Gasteiger partial charge in [0.05, 0.1) is 4.88 Å². The number of nitrogens with zero attached hydrogens (tertiary/aromatic N) is 1. The molecule has 2 atom stereocenters. The number of carbonyl (C=O) groups is 1. The molecule has 0 saturated carbocycles. The molecule has 17 heavy (non-hydrogen) atoms. The molecular formula is C13H20N2OS. The molecule has 4 heteroatoms. The molecule has 2 unspecified atom stereocenters. The number of piperidine rings is 1. The Morgan fingerprint density at radius 2 is 2.29 bits per heavy atom. The predicted octanol–water partition coefficient (Wildman–Crippen LogP) is 2.19. The van der Waals surface area contributed by atoms with Crippen molar-refractivity contribution in [3.63, 3.8) is 0 Å². The van der Waals surface area contributed by atoms with Gasteiger partial charge in [0.2, 0.25) is 0 Å². The highest BCUT2D eigenvalue weighted by Gasteiger charge is 2.30. The van der Waals surface area contributed by atoms with Crippen molar-refractivity contribution >= 4 is 17.2 Å². The van der Waals surface area contributed by atoms with Crippen molar-refractivity contribution in [3.8, 4) is 0 Å². The first-order chi connectivity index (χ1) is 8.08. The Hall–Kier alpha value is -0.870. The van der Waals surface area contributed by atoms with Crippen LogP contribution >= 0.6 is 11.3 Å². The fraction of sp³-hybridized carbons (Fsp3) is 0.615. The van der Waals surface area contributed by atoms with Crippen molar-refractivity contribution in [3.05, 3.63) is 22.4 Å². The Morgan fingerprint density at radius 1 is 1.53 bits per heavy atom. The van der Waals surface area contributed by atoms with Crippen LogP contribution in [0.3, 0.4) is 0 Å². The van der Waals surface area contributed by atoms with Gasteiger partial charge in [0.1, 0.15) is 0 Å². The first kappa shape index (κ1) is 12.6. The topological polar surface area (TPSA) is 46.3 Å². The lowest BCUT2D eigenvalue weighted by molar-refractivity contribution is 0.0617. The summed E-state index contributed by atoms with van der Waals surface area (Å²) in [5.41, 5.74) is 6.05. The van der Waals surface area contributed by atoms with Gasteiger partial charge in [-0.05, 0) is 29.7 Å². The third kappa shape index (κ3) is 2.87. The molecule has 1 aliphatic heterocycles. The summed E-state index contributed by atoms with van der Waals surface area (Å²) in [4.78, 5) is 15.0. The highest BCUT2D eigenvalue weighted by atomic mass is 32.1. The second-order valence-electron chi connectivity index (χ2n) is 5.19. The molecular weight excluding hydrogens is 232 g/mol. The first-order valence-corrected chi connectivity index (χ1v) is 7.04. The van der Waals surface area contributed by atoms with E-state index in [1.54, 1.807) is 0 Å². The van der Waals surface area contributed by atoms with Crippen molar-refractivity contribution in [2.45, 2.75) is 26.3 Å². The zero-order chi connectivity index (χ0) is 12.4. The van der Waals surface area contributed by atoms with Gasteiger partial charge in [-0.3, -0.25) is 4.79 Å². The van der Waals surface area contributed by atoms with E-state index in [4.69, 9.17) is 5.73 Å². The van der Waals surface area contributed by atoms with Crippen LogP contribution in [0.25, 0.3) is 0 Å². The SMILES string of the molecule is CC(C)C1CC(N)CN(C(=O)c2cccs2)C1. The maximum Gasteiger partial charge on any atom is 0.263 e. The van der Waals surface area contributed by atoms with Crippen LogP contribution in [0.5, 0.6) is 0 Å². The van der Waals surface area contributed by atoms with Gasteiger partial charge < -0.3 is 10.6 Å². The molecule has 94 valence electrons. The largest absolute Gasteiger partial charge is 0.336 e. The zero-order valence-corrected chi connectivity index (χ0v) is 11.2. The van der Waals surface area contributed by atoms with Crippen LogP contribution in [0.2, 0.25) is 0 Å². The van der Waals surface area contributed by atoms with Crippen LogP contribution < -0.4 is 5.73 Å². The van der Waals surface area contributed by atoms with E-state index >= 15 is 0 Å². The van der Waals surface area contributed by atoms with E-state index < -0.39 is 0 Å². The average molecular weight is 252 g/mol. The molecule has 2 N–H and O–H groups in total. The van der Waals surface area contributed by atoms with E-state index in [0.29, 0.717) is 18.4 Å². The first-order valence-electron chi connectivity index (χ1n) is 6.16. The lowest BCUT2D eigenvalue weighted by Gasteiger charge is -2.38. The summed E-state index contributed by atoms with van der Waals surface area (Å²) in [6, 6.07) is 3.93. The smallest absolute Gasteiger partial charge is 0.263 e. The number of hydrogen-bond acceptors (Lipinski definition) is 3. The van der Waals surface area contributed by atoms with Gasteiger partial charge in [-0.25, -0.2) is 0 Å². The van der Waals surface area contributed by atoms with Crippen molar-refractivity contribution in [2.75, 3.05) is 13.1 Å². The van der Waals surface area contributed by atoms with E-state index in [9.17, 15) is 4.79 Å². The Bertz CT molecular complexity index is 375. The van der Waals surface area contributed by atoms with E-state index in [0.717, 1.165) is 17.8 Å².